The van der Waals surface area contributed by atoms with E-state index in [1.165, 1.54) is 3.82 Å². The Labute approximate surface area is 81.1 Å². The van der Waals surface area contributed by atoms with Crippen molar-refractivity contribution in [2.75, 3.05) is 7.05 Å². The maximum Gasteiger partial charge on any atom is 0.162 e. The van der Waals surface area contributed by atoms with Gasteiger partial charge in [0.2, 0.25) is 0 Å². The van der Waals surface area contributed by atoms with Crippen LogP contribution in [0.4, 0.5) is 0 Å². The van der Waals surface area contributed by atoms with Crippen LogP contribution >= 0.6 is 24.0 Å². The van der Waals surface area contributed by atoms with Crippen LogP contribution in [0.2, 0.25) is 0 Å². The second-order valence-electron chi connectivity index (χ2n) is 2.21. The van der Waals surface area contributed by atoms with Gasteiger partial charge in [-0.25, -0.2) is 0 Å². The van der Waals surface area contributed by atoms with Gasteiger partial charge in [0.25, 0.3) is 0 Å². The maximum atomic E-state index is 5.51. The Morgan fingerprint density at radius 3 is 2.83 bits per heavy atom. The molecule has 0 saturated heterocycles. The van der Waals surface area contributed by atoms with E-state index in [4.69, 9.17) is 16.0 Å². The topological polar surface area (TPSA) is 25.4 Å². The Balaban J connectivity index is 2.48. The first kappa shape index (κ1) is 9.64. The zero-order chi connectivity index (χ0) is 8.97. The van der Waals surface area contributed by atoms with Crippen molar-refractivity contribution < 1.29 is 4.18 Å². The molecule has 0 bridgehead atoms. The number of rotatable bonds is 3. The van der Waals surface area contributed by atoms with Gasteiger partial charge in [-0.1, -0.05) is 0 Å². The molecule has 5 heteroatoms. The van der Waals surface area contributed by atoms with E-state index in [2.05, 4.69) is 4.98 Å². The van der Waals surface area contributed by atoms with Crippen molar-refractivity contribution in [3.63, 3.8) is 0 Å². The quantitative estimate of drug-likeness (QED) is 0.429. The molecule has 0 fully saturated rings. The molecular weight excluding hydrogens is 196 g/mol. The Kier molecular flexibility index (Phi) is 3.65. The van der Waals surface area contributed by atoms with Crippen LogP contribution in [-0.2, 0) is 0 Å². The van der Waals surface area contributed by atoms with Gasteiger partial charge in [-0.3, -0.25) is 4.98 Å². The molecule has 1 heterocycles. The van der Waals surface area contributed by atoms with Crippen LogP contribution in [0, 0.1) is 6.92 Å². The molecule has 0 saturated carbocycles. The molecule has 0 amide bonds. The van der Waals surface area contributed by atoms with Crippen LogP contribution in [-0.4, -0.2) is 15.9 Å². The molecule has 0 N–H and O–H groups in total. The van der Waals surface area contributed by atoms with E-state index in [9.17, 15) is 0 Å². The van der Waals surface area contributed by atoms with E-state index >= 15 is 0 Å². The van der Waals surface area contributed by atoms with Gasteiger partial charge in [-0.05, 0) is 30.8 Å². The van der Waals surface area contributed by atoms with Crippen molar-refractivity contribution in [2.45, 2.75) is 6.92 Å². The summed E-state index contributed by atoms with van der Waals surface area (Å²) in [5, 5.41) is 0. The van der Waals surface area contributed by atoms with Crippen molar-refractivity contribution in [3.05, 3.63) is 24.0 Å². The summed E-state index contributed by atoms with van der Waals surface area (Å²) in [5.74, 6) is 0.693. The summed E-state index contributed by atoms with van der Waals surface area (Å²) in [6.07, 6.45) is 1.66. The highest BCUT2D eigenvalue weighted by molar-refractivity contribution is 7.93. The van der Waals surface area contributed by atoms with Crippen LogP contribution < -0.4 is 4.18 Å². The lowest BCUT2D eigenvalue weighted by molar-refractivity contribution is 0.614. The van der Waals surface area contributed by atoms with Crippen molar-refractivity contribution in [2.24, 2.45) is 0 Å². The number of nitrogens with zero attached hydrogens (tertiary/aromatic N) is 2. The highest BCUT2D eigenvalue weighted by Gasteiger charge is 1.97. The summed E-state index contributed by atoms with van der Waals surface area (Å²) < 4.78 is 6.52. The van der Waals surface area contributed by atoms with Crippen LogP contribution in [0.5, 0.6) is 5.75 Å². The highest BCUT2D eigenvalue weighted by atomic mass is 35.5. The van der Waals surface area contributed by atoms with Crippen molar-refractivity contribution in [1.82, 2.24) is 8.81 Å². The average molecular weight is 205 g/mol. The molecule has 0 radical (unpaired) electrons. The van der Waals surface area contributed by atoms with E-state index in [1.807, 2.05) is 19.1 Å². The van der Waals surface area contributed by atoms with Gasteiger partial charge in [0.15, 0.2) is 18.0 Å². The third kappa shape index (κ3) is 3.30. The summed E-state index contributed by atoms with van der Waals surface area (Å²) in [6, 6.07) is 3.72. The fourth-order valence-corrected chi connectivity index (χ4v) is 0.970. The van der Waals surface area contributed by atoms with Gasteiger partial charge < -0.3 is 4.18 Å². The molecule has 0 aliphatic carbocycles. The third-order valence-corrected chi connectivity index (χ3v) is 1.76. The zero-order valence-electron chi connectivity index (χ0n) is 6.82. The maximum absolute atomic E-state index is 5.51. The predicted molar refractivity (Wildman–Crippen MR) is 50.8 cm³/mol. The highest BCUT2D eigenvalue weighted by Crippen LogP contribution is 2.17. The number of aromatic nitrogens is 1. The minimum absolute atomic E-state index is 0.693. The lowest BCUT2D eigenvalue weighted by Crippen LogP contribution is -1.95. The third-order valence-electron chi connectivity index (χ3n) is 1.12. The van der Waals surface area contributed by atoms with Gasteiger partial charge in [-0.2, -0.15) is 0 Å². The fourth-order valence-electron chi connectivity index (χ4n) is 0.598. The lowest BCUT2D eigenvalue weighted by atomic mass is 10.4. The SMILES string of the molecule is Cc1ccc(OSN(C)Cl)cn1. The van der Waals surface area contributed by atoms with E-state index in [-0.39, 0.29) is 0 Å². The second kappa shape index (κ2) is 4.54. The van der Waals surface area contributed by atoms with E-state index in [0.717, 1.165) is 17.9 Å². The molecule has 12 heavy (non-hydrogen) atoms. The first-order valence-electron chi connectivity index (χ1n) is 3.35. The molecule has 0 unspecified atom stereocenters. The van der Waals surface area contributed by atoms with Crippen molar-refractivity contribution >= 4 is 24.0 Å². The van der Waals surface area contributed by atoms with Gasteiger partial charge >= 0.3 is 0 Å². The van der Waals surface area contributed by atoms with Crippen LogP contribution in [0.15, 0.2) is 18.3 Å². The second-order valence-corrected chi connectivity index (χ2v) is 3.78. The first-order valence-corrected chi connectivity index (χ1v) is 4.39. The number of halogens is 1. The molecule has 1 aromatic rings. The molecule has 0 aliphatic heterocycles. The Morgan fingerprint density at radius 1 is 1.58 bits per heavy atom. The number of hydrogen-bond acceptors (Lipinski definition) is 4. The largest absolute Gasteiger partial charge is 0.407 e. The molecule has 1 rings (SSSR count). The molecule has 66 valence electrons. The molecule has 0 aliphatic rings. The minimum Gasteiger partial charge on any atom is -0.407 e. The standard InChI is InChI=1S/C7H9ClN2OS/c1-6-3-4-7(5-9-6)11-12-10(2)8/h3-5H,1-2H3. The number of aryl methyl sites for hydroxylation is 1. The van der Waals surface area contributed by atoms with Crippen LogP contribution in [0.1, 0.15) is 5.69 Å². The Hall–Kier alpha value is -0.450. The Morgan fingerprint density at radius 2 is 2.33 bits per heavy atom. The fraction of sp³-hybridized carbons (Fsp3) is 0.286. The van der Waals surface area contributed by atoms with E-state index < -0.39 is 0 Å². The molecule has 0 spiro atoms. The lowest BCUT2D eigenvalue weighted by Gasteiger charge is -2.05. The molecule has 0 atom stereocenters. The minimum atomic E-state index is 0.693. The smallest absolute Gasteiger partial charge is 0.162 e. The summed E-state index contributed by atoms with van der Waals surface area (Å²) in [7, 11) is 1.69. The molecule has 1 aromatic heterocycles. The molecular formula is C7H9ClN2OS. The van der Waals surface area contributed by atoms with Gasteiger partial charge in [0.05, 0.1) is 6.20 Å². The van der Waals surface area contributed by atoms with Crippen LogP contribution in [0.3, 0.4) is 0 Å². The van der Waals surface area contributed by atoms with Gasteiger partial charge in [-0.15, -0.1) is 3.82 Å². The normalized spacial score (nSPS) is 10.3. The van der Waals surface area contributed by atoms with Crippen LogP contribution in [0.25, 0.3) is 0 Å². The summed E-state index contributed by atoms with van der Waals surface area (Å²) in [4.78, 5) is 4.06. The monoisotopic (exact) mass is 204 g/mol. The van der Waals surface area contributed by atoms with E-state index in [1.54, 1.807) is 13.2 Å². The number of pyridine rings is 1. The first-order chi connectivity index (χ1) is 5.68. The zero-order valence-corrected chi connectivity index (χ0v) is 8.39. The van der Waals surface area contributed by atoms with Gasteiger partial charge in [0.1, 0.15) is 0 Å². The van der Waals surface area contributed by atoms with Crippen molar-refractivity contribution in [3.8, 4) is 5.75 Å². The number of hydrogen-bond donors (Lipinski definition) is 0. The van der Waals surface area contributed by atoms with Crippen molar-refractivity contribution in [1.29, 1.82) is 0 Å². The predicted octanol–water partition coefficient (Wildman–Crippen LogP) is 2.42. The average Bonchev–Trinajstić information content (AvgIpc) is 2.03. The summed E-state index contributed by atoms with van der Waals surface area (Å²) in [5.41, 5.74) is 0.964. The summed E-state index contributed by atoms with van der Waals surface area (Å²) in [6.45, 7) is 1.92. The molecule has 3 nitrogen and oxygen atoms in total. The molecule has 0 aromatic carbocycles. The Bertz CT molecular complexity index is 240. The van der Waals surface area contributed by atoms with Gasteiger partial charge in [0, 0.05) is 12.7 Å². The van der Waals surface area contributed by atoms with E-state index in [0.29, 0.717) is 5.75 Å². The summed E-state index contributed by atoms with van der Waals surface area (Å²) >= 11 is 6.56.